The van der Waals surface area contributed by atoms with E-state index in [0.29, 0.717) is 27.7 Å². The van der Waals surface area contributed by atoms with Crippen molar-refractivity contribution in [2.45, 2.75) is 6.54 Å². The fourth-order valence-corrected chi connectivity index (χ4v) is 5.15. The number of methoxy groups -OCH3 is 1. The van der Waals surface area contributed by atoms with Gasteiger partial charge in [-0.2, -0.15) is 5.26 Å². The molecule has 0 atom stereocenters. The number of nitrogens with zero attached hydrogens (tertiary/aromatic N) is 3. The SMILES string of the molecule is COc1ccc(Cl)c(Nc2c(C#N)cnc3cc(-c4csc(CN5CCOCC5)c4)ccc23)c1. The zero-order valence-electron chi connectivity index (χ0n) is 18.7. The van der Waals surface area contributed by atoms with Crippen LogP contribution in [-0.2, 0) is 11.3 Å². The Labute approximate surface area is 207 Å². The van der Waals surface area contributed by atoms with Crippen LogP contribution in [0.2, 0.25) is 5.02 Å². The van der Waals surface area contributed by atoms with E-state index in [1.54, 1.807) is 36.8 Å². The number of pyridine rings is 1. The minimum atomic E-state index is 0.447. The van der Waals surface area contributed by atoms with Crippen molar-refractivity contribution in [2.24, 2.45) is 0 Å². The van der Waals surface area contributed by atoms with Crippen LogP contribution in [0.25, 0.3) is 22.0 Å². The van der Waals surface area contributed by atoms with Crippen LogP contribution in [0, 0.1) is 11.3 Å². The maximum atomic E-state index is 9.70. The third-order valence-corrected chi connectivity index (χ3v) is 7.14. The normalized spacial score (nSPS) is 14.1. The maximum absolute atomic E-state index is 9.70. The summed E-state index contributed by atoms with van der Waals surface area (Å²) in [5, 5.41) is 16.6. The summed E-state index contributed by atoms with van der Waals surface area (Å²) in [5.41, 5.74) is 4.86. The molecule has 1 fully saturated rings. The van der Waals surface area contributed by atoms with Crippen LogP contribution < -0.4 is 10.1 Å². The van der Waals surface area contributed by atoms with Gasteiger partial charge in [0.05, 0.1) is 47.8 Å². The number of hydrogen-bond acceptors (Lipinski definition) is 7. The first-order valence-electron chi connectivity index (χ1n) is 11.0. The molecule has 1 N–H and O–H groups in total. The molecule has 0 unspecified atom stereocenters. The number of halogens is 1. The van der Waals surface area contributed by atoms with Crippen molar-refractivity contribution >= 4 is 45.2 Å². The molecule has 2 aromatic heterocycles. The lowest BCUT2D eigenvalue weighted by Crippen LogP contribution is -2.35. The molecule has 1 saturated heterocycles. The van der Waals surface area contributed by atoms with E-state index < -0.39 is 0 Å². The number of thiophene rings is 1. The molecular formula is C26H23ClN4O2S. The van der Waals surface area contributed by atoms with Crippen molar-refractivity contribution in [2.75, 3.05) is 38.7 Å². The molecule has 5 rings (SSSR count). The molecule has 0 spiro atoms. The average molecular weight is 491 g/mol. The monoisotopic (exact) mass is 490 g/mol. The van der Waals surface area contributed by atoms with Crippen molar-refractivity contribution in [3.63, 3.8) is 0 Å². The molecule has 0 aliphatic carbocycles. The van der Waals surface area contributed by atoms with E-state index >= 15 is 0 Å². The molecule has 4 aromatic rings. The van der Waals surface area contributed by atoms with Crippen molar-refractivity contribution < 1.29 is 9.47 Å². The maximum Gasteiger partial charge on any atom is 0.121 e. The molecule has 0 saturated carbocycles. The smallest absolute Gasteiger partial charge is 0.121 e. The summed E-state index contributed by atoms with van der Waals surface area (Å²) in [6, 6.07) is 16.0. The molecule has 0 radical (unpaired) electrons. The second kappa shape index (κ2) is 10.00. The summed E-state index contributed by atoms with van der Waals surface area (Å²) < 4.78 is 10.8. The van der Waals surface area contributed by atoms with Gasteiger partial charge in [0.2, 0.25) is 0 Å². The molecule has 172 valence electrons. The molecule has 0 bridgehead atoms. The molecular weight excluding hydrogens is 468 g/mol. The molecule has 2 aromatic carbocycles. The number of fused-ring (bicyclic) bond motifs is 1. The summed E-state index contributed by atoms with van der Waals surface area (Å²) in [5.74, 6) is 0.677. The highest BCUT2D eigenvalue weighted by atomic mass is 35.5. The minimum Gasteiger partial charge on any atom is -0.497 e. The van der Waals surface area contributed by atoms with Crippen LogP contribution in [0.4, 0.5) is 11.4 Å². The lowest BCUT2D eigenvalue weighted by Gasteiger charge is -2.25. The third kappa shape index (κ3) is 4.72. The van der Waals surface area contributed by atoms with E-state index in [1.165, 1.54) is 10.4 Å². The van der Waals surface area contributed by atoms with E-state index in [1.807, 2.05) is 12.1 Å². The average Bonchev–Trinajstić information content (AvgIpc) is 3.34. The zero-order valence-corrected chi connectivity index (χ0v) is 20.2. The summed E-state index contributed by atoms with van der Waals surface area (Å²) in [6.45, 7) is 4.50. The Morgan fingerprint density at radius 1 is 1.18 bits per heavy atom. The molecule has 6 nitrogen and oxygen atoms in total. The van der Waals surface area contributed by atoms with E-state index in [9.17, 15) is 5.26 Å². The fraction of sp³-hybridized carbons (Fsp3) is 0.231. The lowest BCUT2D eigenvalue weighted by molar-refractivity contribution is 0.0346. The standard InChI is InChI=1S/C26H23ClN4O2S/c1-32-20-3-5-23(27)25(12-20)30-26-19(13-28)14-29-24-11-17(2-4-22(24)26)18-10-21(34-16-18)15-31-6-8-33-9-7-31/h2-5,10-12,14,16H,6-9,15H2,1H3,(H,29,30). The number of nitriles is 1. The van der Waals surface area contributed by atoms with E-state index in [4.69, 9.17) is 21.1 Å². The van der Waals surface area contributed by atoms with Gasteiger partial charge in [-0.3, -0.25) is 9.88 Å². The number of aromatic nitrogens is 1. The predicted molar refractivity (Wildman–Crippen MR) is 137 cm³/mol. The second-order valence-electron chi connectivity index (χ2n) is 8.05. The number of anilines is 2. The Balaban J connectivity index is 1.46. The van der Waals surface area contributed by atoms with Gasteiger partial charge in [0.15, 0.2) is 0 Å². The summed E-state index contributed by atoms with van der Waals surface area (Å²) in [7, 11) is 1.61. The topological polar surface area (TPSA) is 70.4 Å². The van der Waals surface area contributed by atoms with E-state index in [0.717, 1.165) is 49.3 Å². The largest absolute Gasteiger partial charge is 0.497 e. The quantitative estimate of drug-likeness (QED) is 0.353. The van der Waals surface area contributed by atoms with Crippen LogP contribution in [0.3, 0.4) is 0 Å². The first kappa shape index (κ1) is 22.6. The molecule has 8 heteroatoms. The third-order valence-electron chi connectivity index (χ3n) is 5.89. The summed E-state index contributed by atoms with van der Waals surface area (Å²) in [6.07, 6.45) is 1.60. The van der Waals surface area contributed by atoms with Gasteiger partial charge in [-0.25, -0.2) is 0 Å². The number of nitrogens with one attached hydrogen (secondary N) is 1. The van der Waals surface area contributed by atoms with Crippen molar-refractivity contribution in [1.29, 1.82) is 5.26 Å². The van der Waals surface area contributed by atoms with Crippen molar-refractivity contribution in [3.05, 3.63) is 69.5 Å². The van der Waals surface area contributed by atoms with Crippen LogP contribution >= 0.6 is 22.9 Å². The van der Waals surface area contributed by atoms with Crippen LogP contribution in [0.5, 0.6) is 5.75 Å². The van der Waals surface area contributed by atoms with Gasteiger partial charge < -0.3 is 14.8 Å². The molecule has 0 amide bonds. The zero-order chi connectivity index (χ0) is 23.5. The molecule has 1 aliphatic rings. The Morgan fingerprint density at radius 2 is 2.03 bits per heavy atom. The molecule has 34 heavy (non-hydrogen) atoms. The molecule has 3 heterocycles. The van der Waals surface area contributed by atoms with Gasteiger partial charge in [0.25, 0.3) is 0 Å². The van der Waals surface area contributed by atoms with Crippen molar-refractivity contribution in [1.82, 2.24) is 9.88 Å². The Morgan fingerprint density at radius 3 is 2.82 bits per heavy atom. The number of ether oxygens (including phenoxy) is 2. The summed E-state index contributed by atoms with van der Waals surface area (Å²) in [4.78, 5) is 8.31. The van der Waals surface area contributed by atoms with Gasteiger partial charge in [-0.15, -0.1) is 11.3 Å². The highest BCUT2D eigenvalue weighted by molar-refractivity contribution is 7.10. The van der Waals surface area contributed by atoms with Gasteiger partial charge in [0, 0.05) is 42.2 Å². The summed E-state index contributed by atoms with van der Waals surface area (Å²) >= 11 is 8.18. The number of benzene rings is 2. The van der Waals surface area contributed by atoms with Crippen LogP contribution in [0.15, 0.2) is 54.0 Å². The Kier molecular flexibility index (Phi) is 6.66. The number of hydrogen-bond donors (Lipinski definition) is 1. The van der Waals surface area contributed by atoms with Crippen LogP contribution in [-0.4, -0.2) is 43.3 Å². The van der Waals surface area contributed by atoms with Gasteiger partial charge in [-0.1, -0.05) is 23.7 Å². The van der Waals surface area contributed by atoms with Crippen molar-refractivity contribution in [3.8, 4) is 22.9 Å². The number of morpholine rings is 1. The van der Waals surface area contributed by atoms with Gasteiger partial charge in [0.1, 0.15) is 11.8 Å². The first-order valence-corrected chi connectivity index (χ1v) is 12.2. The van der Waals surface area contributed by atoms with Crippen LogP contribution in [0.1, 0.15) is 10.4 Å². The van der Waals surface area contributed by atoms with Gasteiger partial charge in [-0.05, 0) is 40.8 Å². The minimum absolute atomic E-state index is 0.447. The molecule has 1 aliphatic heterocycles. The van der Waals surface area contributed by atoms with E-state index in [-0.39, 0.29) is 0 Å². The lowest BCUT2D eigenvalue weighted by atomic mass is 10.0. The van der Waals surface area contributed by atoms with E-state index in [2.05, 4.69) is 44.8 Å². The van der Waals surface area contributed by atoms with Gasteiger partial charge >= 0.3 is 0 Å². The second-order valence-corrected chi connectivity index (χ2v) is 9.45. The first-order chi connectivity index (χ1) is 16.6. The highest BCUT2D eigenvalue weighted by Gasteiger charge is 2.15. The predicted octanol–water partition coefficient (Wildman–Crippen LogP) is 6.07. The Bertz CT molecular complexity index is 1380. The number of rotatable bonds is 6. The highest BCUT2D eigenvalue weighted by Crippen LogP contribution is 2.36. The fourth-order valence-electron chi connectivity index (χ4n) is 4.05. The Hall–Kier alpha value is -3.15.